The molecule has 0 bridgehead atoms. The van der Waals surface area contributed by atoms with Gasteiger partial charge in [0.1, 0.15) is 12.2 Å². The number of nitrogens with one attached hydrogen (secondary N) is 2. The van der Waals surface area contributed by atoms with Crippen LogP contribution in [0.5, 0.6) is 0 Å². The second-order valence-corrected chi connectivity index (χ2v) is 14.0. The minimum atomic E-state index is -2.48. The highest BCUT2D eigenvalue weighted by Crippen LogP contribution is 2.38. The van der Waals surface area contributed by atoms with Gasteiger partial charge in [0, 0.05) is 48.9 Å². The molecule has 1 aromatic heterocycles. The van der Waals surface area contributed by atoms with Crippen molar-refractivity contribution in [3.63, 3.8) is 0 Å². The van der Waals surface area contributed by atoms with E-state index in [0.29, 0.717) is 22.8 Å². The number of para-hydroxylation sites is 1. The summed E-state index contributed by atoms with van der Waals surface area (Å²) >= 11 is 6.41. The Kier molecular flexibility index (Phi) is 8.24. The van der Waals surface area contributed by atoms with E-state index < -0.39 is 7.14 Å². The van der Waals surface area contributed by atoms with Crippen molar-refractivity contribution in [1.29, 1.82) is 0 Å². The van der Waals surface area contributed by atoms with E-state index in [-0.39, 0.29) is 0 Å². The molecule has 38 heavy (non-hydrogen) atoms. The number of aryl methyl sites for hydroxylation is 1. The second-order valence-electron chi connectivity index (χ2n) is 10.4. The average Bonchev–Trinajstić information content (AvgIpc) is 2.92. The molecular formula is C28H36ClN6O2P. The van der Waals surface area contributed by atoms with E-state index in [1.165, 1.54) is 18.5 Å². The number of ether oxygens (including phenoxy) is 1. The van der Waals surface area contributed by atoms with E-state index in [9.17, 15) is 4.57 Å². The molecule has 2 aliphatic rings. The van der Waals surface area contributed by atoms with Gasteiger partial charge in [-0.15, -0.1) is 0 Å². The predicted octanol–water partition coefficient (Wildman–Crippen LogP) is 5.47. The van der Waals surface area contributed by atoms with Crippen molar-refractivity contribution in [2.24, 2.45) is 0 Å². The zero-order valence-corrected chi connectivity index (χ0v) is 23.9. The molecule has 3 heterocycles. The molecule has 0 atom stereocenters. The highest BCUT2D eigenvalue weighted by molar-refractivity contribution is 7.70. The Morgan fingerprint density at radius 2 is 1.74 bits per heavy atom. The molecule has 0 aliphatic carbocycles. The van der Waals surface area contributed by atoms with Crippen molar-refractivity contribution in [2.75, 3.05) is 68.3 Å². The number of hydrogen-bond donors (Lipinski definition) is 2. The van der Waals surface area contributed by atoms with Gasteiger partial charge in [-0.25, -0.2) is 4.98 Å². The van der Waals surface area contributed by atoms with Crippen LogP contribution in [-0.2, 0) is 9.30 Å². The molecule has 2 fully saturated rings. The zero-order valence-electron chi connectivity index (χ0n) is 22.3. The van der Waals surface area contributed by atoms with E-state index >= 15 is 0 Å². The van der Waals surface area contributed by atoms with Crippen LogP contribution in [0, 0.1) is 6.92 Å². The number of nitrogens with zero attached hydrogens (tertiary/aromatic N) is 4. The van der Waals surface area contributed by atoms with Gasteiger partial charge in [0.15, 0.2) is 5.82 Å². The van der Waals surface area contributed by atoms with E-state index in [1.54, 1.807) is 19.5 Å². The molecule has 0 unspecified atom stereocenters. The fourth-order valence-corrected chi connectivity index (χ4v) is 6.52. The van der Waals surface area contributed by atoms with Gasteiger partial charge >= 0.3 is 0 Å². The van der Waals surface area contributed by atoms with Crippen LogP contribution in [0.4, 0.5) is 28.8 Å². The third-order valence-electron chi connectivity index (χ3n) is 7.33. The molecule has 0 amide bonds. The van der Waals surface area contributed by atoms with Crippen LogP contribution in [-0.4, -0.2) is 73.6 Å². The molecule has 0 saturated carbocycles. The summed E-state index contributed by atoms with van der Waals surface area (Å²) in [7, 11) is -2.48. The van der Waals surface area contributed by atoms with Crippen LogP contribution < -0.4 is 20.8 Å². The third-order valence-corrected chi connectivity index (χ3v) is 9.16. The SMILES string of the molecule is Cc1cc(N2CCC(N3CCOCC3)CC2)ccc1Nc1ncc(Cl)c(Nc2ccccc2P(C)(C)=O)n1. The molecule has 2 aromatic carbocycles. The number of hydrogen-bond acceptors (Lipinski definition) is 8. The van der Waals surface area contributed by atoms with E-state index in [0.717, 1.165) is 61.6 Å². The molecule has 8 nitrogen and oxygen atoms in total. The fraction of sp³-hybridized carbons (Fsp3) is 0.429. The molecule has 2 aliphatic heterocycles. The minimum Gasteiger partial charge on any atom is -0.379 e. The molecule has 10 heteroatoms. The van der Waals surface area contributed by atoms with E-state index in [1.807, 2.05) is 24.3 Å². The third kappa shape index (κ3) is 6.32. The summed E-state index contributed by atoms with van der Waals surface area (Å²) in [5.41, 5.74) is 4.03. The van der Waals surface area contributed by atoms with Gasteiger partial charge in [0.25, 0.3) is 0 Å². The molecule has 0 radical (unpaired) electrons. The van der Waals surface area contributed by atoms with Crippen LogP contribution in [0.25, 0.3) is 0 Å². The maximum Gasteiger partial charge on any atom is 0.229 e. The first-order valence-corrected chi connectivity index (χ1v) is 16.1. The molecule has 202 valence electrons. The Balaban J connectivity index is 1.26. The quantitative estimate of drug-likeness (QED) is 0.372. The number of morpholine rings is 1. The summed E-state index contributed by atoms with van der Waals surface area (Å²) in [6, 6.07) is 14.7. The highest BCUT2D eigenvalue weighted by Gasteiger charge is 2.26. The van der Waals surface area contributed by atoms with Crippen molar-refractivity contribution in [3.8, 4) is 0 Å². The molecule has 3 aromatic rings. The molecule has 2 saturated heterocycles. The summed E-state index contributed by atoms with van der Waals surface area (Å²) in [5, 5.41) is 7.74. The lowest BCUT2D eigenvalue weighted by molar-refractivity contribution is 0.0115. The maximum atomic E-state index is 12.8. The summed E-state index contributed by atoms with van der Waals surface area (Å²) in [5.74, 6) is 0.898. The largest absolute Gasteiger partial charge is 0.379 e. The number of benzene rings is 2. The lowest BCUT2D eigenvalue weighted by atomic mass is 10.0. The van der Waals surface area contributed by atoms with Crippen LogP contribution in [0.1, 0.15) is 18.4 Å². The number of piperidine rings is 1. The number of rotatable bonds is 7. The second kappa shape index (κ2) is 11.6. The van der Waals surface area contributed by atoms with Crippen molar-refractivity contribution >= 4 is 52.9 Å². The Labute approximate surface area is 230 Å². The summed E-state index contributed by atoms with van der Waals surface area (Å²) in [6.07, 6.45) is 3.94. The Morgan fingerprint density at radius 3 is 2.45 bits per heavy atom. The predicted molar refractivity (Wildman–Crippen MR) is 158 cm³/mol. The topological polar surface area (TPSA) is 82.6 Å². The molecule has 5 rings (SSSR count). The number of halogens is 1. The zero-order chi connectivity index (χ0) is 26.7. The normalized spacial score (nSPS) is 17.4. The average molecular weight is 555 g/mol. The van der Waals surface area contributed by atoms with Gasteiger partial charge in [0.05, 0.1) is 25.1 Å². The highest BCUT2D eigenvalue weighted by atomic mass is 35.5. The van der Waals surface area contributed by atoms with E-state index in [4.69, 9.17) is 16.3 Å². The van der Waals surface area contributed by atoms with Crippen LogP contribution >= 0.6 is 18.7 Å². The fourth-order valence-electron chi connectivity index (χ4n) is 5.23. The first kappa shape index (κ1) is 26.9. The smallest absolute Gasteiger partial charge is 0.229 e. The number of anilines is 5. The molecule has 2 N–H and O–H groups in total. The van der Waals surface area contributed by atoms with Crippen molar-refractivity contribution in [2.45, 2.75) is 25.8 Å². The van der Waals surface area contributed by atoms with Gasteiger partial charge in [-0.1, -0.05) is 23.7 Å². The first-order valence-electron chi connectivity index (χ1n) is 13.2. The maximum absolute atomic E-state index is 12.8. The van der Waals surface area contributed by atoms with Gasteiger partial charge in [-0.2, -0.15) is 4.98 Å². The van der Waals surface area contributed by atoms with Gasteiger partial charge in [-0.3, -0.25) is 4.90 Å². The summed E-state index contributed by atoms with van der Waals surface area (Å²) in [4.78, 5) is 14.1. The van der Waals surface area contributed by atoms with Gasteiger partial charge in [-0.05, 0) is 69.0 Å². The van der Waals surface area contributed by atoms with Crippen LogP contribution in [0.3, 0.4) is 0 Å². The van der Waals surface area contributed by atoms with Gasteiger partial charge < -0.3 is 24.8 Å². The van der Waals surface area contributed by atoms with Crippen molar-refractivity contribution < 1.29 is 9.30 Å². The van der Waals surface area contributed by atoms with Crippen molar-refractivity contribution in [1.82, 2.24) is 14.9 Å². The lowest BCUT2D eigenvalue weighted by Crippen LogP contribution is -2.49. The number of aromatic nitrogens is 2. The van der Waals surface area contributed by atoms with Crippen LogP contribution in [0.15, 0.2) is 48.7 Å². The summed E-state index contributed by atoms with van der Waals surface area (Å²) in [6.45, 7) is 11.5. The van der Waals surface area contributed by atoms with Gasteiger partial charge in [0.2, 0.25) is 5.95 Å². The molecular weight excluding hydrogens is 519 g/mol. The lowest BCUT2D eigenvalue weighted by Gasteiger charge is -2.41. The summed E-state index contributed by atoms with van der Waals surface area (Å²) < 4.78 is 18.3. The standard InChI is InChI=1S/C28H36ClN6O2P/c1-20-18-22(34-12-10-21(11-13-34)35-14-16-37-17-15-35)8-9-24(20)32-28-30-19-23(29)27(33-28)31-25-6-4-5-7-26(25)38(2,3)36/h4-9,18-19,21H,10-17H2,1-3H3,(H2,30,31,32,33). The van der Waals surface area contributed by atoms with E-state index in [2.05, 4.69) is 55.5 Å². The Morgan fingerprint density at radius 1 is 1.00 bits per heavy atom. The Bertz CT molecular complexity index is 1320. The van der Waals surface area contributed by atoms with Crippen LogP contribution in [0.2, 0.25) is 5.02 Å². The Hall–Kier alpha value is -2.64. The monoisotopic (exact) mass is 554 g/mol. The minimum absolute atomic E-state index is 0.389. The van der Waals surface area contributed by atoms with Crippen molar-refractivity contribution in [3.05, 3.63) is 59.2 Å². The molecule has 0 spiro atoms. The first-order chi connectivity index (χ1) is 18.3.